The van der Waals surface area contributed by atoms with Crippen molar-refractivity contribution in [1.29, 1.82) is 0 Å². The molecule has 2 amide bonds. The number of hydrogen-bond acceptors (Lipinski definition) is 3. The Balaban J connectivity index is 2.24. The Labute approximate surface area is 124 Å². The third kappa shape index (κ3) is 6.10. The Kier molecular flexibility index (Phi) is 7.15. The quantitative estimate of drug-likeness (QED) is 0.835. The number of thioether (sulfide) groups is 1. The smallest absolute Gasteiger partial charge is 0.232 e. The van der Waals surface area contributed by atoms with Gasteiger partial charge >= 0.3 is 0 Å². The van der Waals surface area contributed by atoms with Crippen molar-refractivity contribution in [1.82, 2.24) is 10.2 Å². The summed E-state index contributed by atoms with van der Waals surface area (Å²) in [5, 5.41) is 2.68. The second kappa shape index (κ2) is 8.64. The lowest BCUT2D eigenvalue weighted by Crippen LogP contribution is -2.34. The lowest BCUT2D eigenvalue weighted by atomic mass is 10.2. The predicted molar refractivity (Wildman–Crippen MR) is 83.5 cm³/mol. The summed E-state index contributed by atoms with van der Waals surface area (Å²) in [6.45, 7) is 2.28. The Morgan fingerprint density at radius 3 is 2.50 bits per heavy atom. The van der Waals surface area contributed by atoms with Crippen molar-refractivity contribution in [3.05, 3.63) is 35.9 Å². The van der Waals surface area contributed by atoms with Crippen molar-refractivity contribution in [2.24, 2.45) is 0 Å². The molecule has 0 bridgehead atoms. The molecule has 1 aromatic carbocycles. The summed E-state index contributed by atoms with van der Waals surface area (Å²) in [6, 6.07) is 10.1. The molecule has 0 unspecified atom stereocenters. The van der Waals surface area contributed by atoms with Crippen molar-refractivity contribution < 1.29 is 9.59 Å². The van der Waals surface area contributed by atoms with Crippen molar-refractivity contribution in [2.45, 2.75) is 24.3 Å². The molecule has 110 valence electrons. The van der Waals surface area contributed by atoms with E-state index >= 15 is 0 Å². The van der Waals surface area contributed by atoms with Crippen LogP contribution >= 0.6 is 11.8 Å². The van der Waals surface area contributed by atoms with Crippen LogP contribution in [0.2, 0.25) is 0 Å². The summed E-state index contributed by atoms with van der Waals surface area (Å²) in [4.78, 5) is 24.8. The first-order valence-corrected chi connectivity index (χ1v) is 7.69. The largest absolute Gasteiger partial charge is 0.355 e. The van der Waals surface area contributed by atoms with Crippen molar-refractivity contribution >= 4 is 23.6 Å². The predicted octanol–water partition coefficient (Wildman–Crippen LogP) is 1.90. The van der Waals surface area contributed by atoms with Crippen molar-refractivity contribution in [3.63, 3.8) is 0 Å². The highest BCUT2D eigenvalue weighted by atomic mass is 32.2. The first kappa shape index (κ1) is 16.6. The number of amides is 2. The van der Waals surface area contributed by atoms with Crippen LogP contribution in [0.5, 0.6) is 0 Å². The van der Waals surface area contributed by atoms with Crippen LogP contribution in [-0.2, 0) is 15.3 Å². The molecule has 20 heavy (non-hydrogen) atoms. The minimum absolute atomic E-state index is 0.0162. The molecule has 0 aliphatic rings. The van der Waals surface area contributed by atoms with Gasteiger partial charge in [0.2, 0.25) is 11.8 Å². The molecular formula is C15H22N2O2S. The highest BCUT2D eigenvalue weighted by Gasteiger charge is 2.13. The van der Waals surface area contributed by atoms with E-state index in [4.69, 9.17) is 0 Å². The molecule has 0 aliphatic carbocycles. The van der Waals surface area contributed by atoms with Gasteiger partial charge in [-0.25, -0.2) is 0 Å². The van der Waals surface area contributed by atoms with Crippen LogP contribution in [0, 0.1) is 0 Å². The van der Waals surface area contributed by atoms with Gasteiger partial charge in [0.1, 0.15) is 0 Å². The van der Waals surface area contributed by atoms with Gasteiger partial charge in [0.15, 0.2) is 0 Å². The van der Waals surface area contributed by atoms with Gasteiger partial charge in [0.25, 0.3) is 0 Å². The van der Waals surface area contributed by atoms with E-state index in [2.05, 4.69) is 5.32 Å². The average Bonchev–Trinajstić information content (AvgIpc) is 2.45. The Morgan fingerprint density at radius 2 is 1.90 bits per heavy atom. The standard InChI is InChI=1S/C15H22N2O2S/c1-12(20-11-13-7-5-4-6-8-13)15(19)16-10-9-14(18)17(2)3/h4-8,12H,9-11H2,1-3H3,(H,16,19)/t12-/m0/s1. The van der Waals surface area contributed by atoms with Gasteiger partial charge in [-0.3, -0.25) is 9.59 Å². The van der Waals surface area contributed by atoms with Gasteiger partial charge in [0.05, 0.1) is 5.25 Å². The van der Waals surface area contributed by atoms with E-state index in [1.165, 1.54) is 10.5 Å². The number of rotatable bonds is 7. The van der Waals surface area contributed by atoms with E-state index in [0.717, 1.165) is 5.75 Å². The molecule has 5 heteroatoms. The van der Waals surface area contributed by atoms with Gasteiger partial charge in [-0.15, -0.1) is 11.8 Å². The summed E-state index contributed by atoms with van der Waals surface area (Å²) in [6.07, 6.45) is 0.342. The van der Waals surface area contributed by atoms with E-state index in [-0.39, 0.29) is 17.1 Å². The van der Waals surface area contributed by atoms with E-state index in [1.54, 1.807) is 25.9 Å². The van der Waals surface area contributed by atoms with Gasteiger partial charge < -0.3 is 10.2 Å². The zero-order chi connectivity index (χ0) is 15.0. The van der Waals surface area contributed by atoms with Gasteiger partial charge in [-0.1, -0.05) is 30.3 Å². The summed E-state index contributed by atoms with van der Waals surface area (Å²) in [7, 11) is 3.42. The SMILES string of the molecule is C[C@H](SCc1ccccc1)C(=O)NCCC(=O)N(C)C. The summed E-state index contributed by atoms with van der Waals surface area (Å²) >= 11 is 1.60. The molecule has 0 heterocycles. The second-order valence-electron chi connectivity index (χ2n) is 4.77. The first-order chi connectivity index (χ1) is 9.50. The molecule has 0 aliphatic heterocycles. The lowest BCUT2D eigenvalue weighted by Gasteiger charge is -2.13. The molecule has 1 atom stereocenters. The zero-order valence-electron chi connectivity index (χ0n) is 12.3. The number of benzene rings is 1. The van der Waals surface area contributed by atoms with Crippen LogP contribution in [0.4, 0.5) is 0 Å². The molecule has 1 N–H and O–H groups in total. The minimum Gasteiger partial charge on any atom is -0.355 e. The highest BCUT2D eigenvalue weighted by Crippen LogP contribution is 2.17. The molecule has 0 aromatic heterocycles. The highest BCUT2D eigenvalue weighted by molar-refractivity contribution is 7.99. The van der Waals surface area contributed by atoms with Gasteiger partial charge in [0, 0.05) is 32.8 Å². The Morgan fingerprint density at radius 1 is 1.25 bits per heavy atom. The molecule has 0 radical (unpaired) electrons. The fourth-order valence-electron chi connectivity index (χ4n) is 1.53. The second-order valence-corrected chi connectivity index (χ2v) is 6.10. The number of nitrogens with zero attached hydrogens (tertiary/aromatic N) is 1. The van der Waals surface area contributed by atoms with Gasteiger partial charge in [-0.2, -0.15) is 0 Å². The monoisotopic (exact) mass is 294 g/mol. The van der Waals surface area contributed by atoms with Crippen LogP contribution in [0.3, 0.4) is 0 Å². The molecule has 1 aromatic rings. The minimum atomic E-state index is -0.121. The zero-order valence-corrected chi connectivity index (χ0v) is 13.1. The molecule has 0 spiro atoms. The maximum absolute atomic E-state index is 11.9. The van der Waals surface area contributed by atoms with Crippen LogP contribution in [0.1, 0.15) is 18.9 Å². The molecule has 0 saturated heterocycles. The third-order valence-corrected chi connectivity index (χ3v) is 4.06. The average molecular weight is 294 g/mol. The number of carbonyl (C=O) groups is 2. The summed E-state index contributed by atoms with van der Waals surface area (Å²) in [5.74, 6) is 0.818. The first-order valence-electron chi connectivity index (χ1n) is 6.64. The molecule has 0 fully saturated rings. The van der Waals surface area contributed by atoms with Crippen LogP contribution in [0.15, 0.2) is 30.3 Å². The molecule has 0 saturated carbocycles. The van der Waals surface area contributed by atoms with Crippen LogP contribution in [-0.4, -0.2) is 42.6 Å². The van der Waals surface area contributed by atoms with E-state index in [1.807, 2.05) is 37.3 Å². The summed E-state index contributed by atoms with van der Waals surface area (Å²) < 4.78 is 0. The van der Waals surface area contributed by atoms with Crippen LogP contribution < -0.4 is 5.32 Å². The third-order valence-electron chi connectivity index (χ3n) is 2.85. The van der Waals surface area contributed by atoms with E-state index in [0.29, 0.717) is 13.0 Å². The fourth-order valence-corrected chi connectivity index (χ4v) is 2.40. The van der Waals surface area contributed by atoms with Crippen molar-refractivity contribution in [2.75, 3.05) is 20.6 Å². The Hall–Kier alpha value is -1.49. The molecule has 1 rings (SSSR count). The van der Waals surface area contributed by atoms with Crippen LogP contribution in [0.25, 0.3) is 0 Å². The number of nitrogens with one attached hydrogen (secondary N) is 1. The van der Waals surface area contributed by atoms with E-state index < -0.39 is 0 Å². The molecule has 4 nitrogen and oxygen atoms in total. The Bertz CT molecular complexity index is 435. The molecular weight excluding hydrogens is 272 g/mol. The maximum Gasteiger partial charge on any atom is 0.232 e. The maximum atomic E-state index is 11.9. The summed E-state index contributed by atoms with van der Waals surface area (Å²) in [5.41, 5.74) is 1.21. The normalized spacial score (nSPS) is 11.8. The van der Waals surface area contributed by atoms with Crippen molar-refractivity contribution in [3.8, 4) is 0 Å². The lowest BCUT2D eigenvalue weighted by molar-refractivity contribution is -0.128. The fraction of sp³-hybridized carbons (Fsp3) is 0.467. The van der Waals surface area contributed by atoms with Gasteiger partial charge in [-0.05, 0) is 12.5 Å². The number of carbonyl (C=O) groups excluding carboxylic acids is 2. The topological polar surface area (TPSA) is 49.4 Å². The number of hydrogen-bond donors (Lipinski definition) is 1. The van der Waals surface area contributed by atoms with E-state index in [9.17, 15) is 9.59 Å².